The molecule has 2 N–H and O–H groups in total. The Bertz CT molecular complexity index is 559. The number of nitrogens with one attached hydrogen (secondary N) is 2. The number of nitrogens with zero attached hydrogens (tertiary/aromatic N) is 2. The van der Waals surface area contributed by atoms with Crippen molar-refractivity contribution in [2.75, 3.05) is 40.3 Å². The lowest BCUT2D eigenvalue weighted by Gasteiger charge is -2.14. The molecule has 1 aromatic rings. The Morgan fingerprint density at radius 2 is 2.04 bits per heavy atom. The van der Waals surface area contributed by atoms with Gasteiger partial charge in [0, 0.05) is 18.7 Å². The Kier molecular flexibility index (Phi) is 11.0. The fraction of sp³-hybridized carbons (Fsp3) is 0.650. The minimum absolute atomic E-state index is 0. The van der Waals surface area contributed by atoms with Crippen LogP contribution in [0.15, 0.2) is 23.2 Å². The number of aliphatic imine (C=N–C) groups is 1. The zero-order valence-electron chi connectivity index (χ0n) is 16.7. The predicted octanol–water partition coefficient (Wildman–Crippen LogP) is 3.41. The minimum Gasteiger partial charge on any atom is -0.493 e. The minimum atomic E-state index is 0. The molecule has 0 bridgehead atoms. The molecule has 148 valence electrons. The highest BCUT2D eigenvalue weighted by Gasteiger charge is 2.22. The van der Waals surface area contributed by atoms with E-state index in [1.807, 2.05) is 0 Å². The molecule has 0 heterocycles. The number of aryl methyl sites for hydroxylation is 1. The summed E-state index contributed by atoms with van der Waals surface area (Å²) in [7, 11) is 4.19. The molecule has 1 aromatic carbocycles. The highest BCUT2D eigenvalue weighted by Crippen LogP contribution is 2.30. The summed E-state index contributed by atoms with van der Waals surface area (Å²) in [6, 6.07) is 6.40. The Morgan fingerprint density at radius 1 is 1.27 bits per heavy atom. The molecule has 1 saturated carbocycles. The smallest absolute Gasteiger partial charge is 0.191 e. The van der Waals surface area contributed by atoms with E-state index in [4.69, 9.17) is 9.73 Å². The summed E-state index contributed by atoms with van der Waals surface area (Å²) in [5.74, 6) is 2.61. The van der Waals surface area contributed by atoms with Crippen molar-refractivity contribution in [1.29, 1.82) is 0 Å². The van der Waals surface area contributed by atoms with E-state index in [0.717, 1.165) is 55.9 Å². The van der Waals surface area contributed by atoms with Crippen molar-refractivity contribution in [3.05, 3.63) is 29.3 Å². The number of guanidine groups is 1. The second kappa shape index (κ2) is 12.4. The Hall–Kier alpha value is -1.02. The van der Waals surface area contributed by atoms with Crippen LogP contribution in [0.2, 0.25) is 0 Å². The SMILES string of the molecule is CCNC(=NCc1ccc(C)cc1OCC1CC1)NCCCN(C)C.I. The summed E-state index contributed by atoms with van der Waals surface area (Å²) < 4.78 is 6.04. The standard InChI is InChI=1S/C20H34N4O.HI/c1-5-21-20(22-11-6-12-24(3)4)23-14-18-10-7-16(2)13-19(18)25-15-17-8-9-17;/h7,10,13,17H,5-6,8-9,11-12,14-15H2,1-4H3,(H2,21,22,23);1H. The van der Waals surface area contributed by atoms with E-state index in [-0.39, 0.29) is 24.0 Å². The molecule has 0 aliphatic heterocycles. The Morgan fingerprint density at radius 3 is 2.69 bits per heavy atom. The van der Waals surface area contributed by atoms with E-state index in [2.05, 4.69) is 61.7 Å². The third-order valence-electron chi connectivity index (χ3n) is 4.22. The summed E-state index contributed by atoms with van der Waals surface area (Å²) >= 11 is 0. The van der Waals surface area contributed by atoms with Crippen LogP contribution in [0, 0.1) is 12.8 Å². The average Bonchev–Trinajstić information content (AvgIpc) is 3.39. The van der Waals surface area contributed by atoms with Crippen molar-refractivity contribution in [3.63, 3.8) is 0 Å². The molecule has 0 radical (unpaired) electrons. The van der Waals surface area contributed by atoms with Gasteiger partial charge in [-0.05, 0) is 71.3 Å². The zero-order valence-corrected chi connectivity index (χ0v) is 19.0. The van der Waals surface area contributed by atoms with Gasteiger partial charge in [-0.2, -0.15) is 0 Å². The monoisotopic (exact) mass is 474 g/mol. The van der Waals surface area contributed by atoms with E-state index in [0.29, 0.717) is 6.54 Å². The first-order valence-electron chi connectivity index (χ1n) is 9.47. The van der Waals surface area contributed by atoms with Gasteiger partial charge in [0.2, 0.25) is 0 Å². The predicted molar refractivity (Wildman–Crippen MR) is 121 cm³/mol. The van der Waals surface area contributed by atoms with Crippen molar-refractivity contribution in [2.45, 2.75) is 39.7 Å². The first-order chi connectivity index (χ1) is 12.1. The molecule has 0 atom stereocenters. The maximum absolute atomic E-state index is 6.04. The van der Waals surface area contributed by atoms with Gasteiger partial charge in [0.05, 0.1) is 13.2 Å². The lowest BCUT2D eigenvalue weighted by atomic mass is 10.1. The number of ether oxygens (including phenoxy) is 1. The first kappa shape index (κ1) is 23.0. The second-order valence-electron chi connectivity index (χ2n) is 7.14. The number of halogens is 1. The van der Waals surface area contributed by atoms with Crippen molar-refractivity contribution < 1.29 is 4.74 Å². The fourth-order valence-electron chi connectivity index (χ4n) is 2.53. The van der Waals surface area contributed by atoms with E-state index in [9.17, 15) is 0 Å². The van der Waals surface area contributed by atoms with Crippen LogP contribution in [0.4, 0.5) is 0 Å². The molecule has 0 aromatic heterocycles. The van der Waals surface area contributed by atoms with Crippen LogP contribution in [0.1, 0.15) is 37.3 Å². The zero-order chi connectivity index (χ0) is 18.1. The third kappa shape index (κ3) is 9.07. The van der Waals surface area contributed by atoms with Crippen molar-refractivity contribution in [1.82, 2.24) is 15.5 Å². The highest BCUT2D eigenvalue weighted by molar-refractivity contribution is 14.0. The van der Waals surface area contributed by atoms with Gasteiger partial charge in [-0.15, -0.1) is 24.0 Å². The number of hydrogen-bond donors (Lipinski definition) is 2. The van der Waals surface area contributed by atoms with Gasteiger partial charge in [-0.1, -0.05) is 12.1 Å². The molecule has 1 aliphatic carbocycles. The molecule has 2 rings (SSSR count). The average molecular weight is 474 g/mol. The topological polar surface area (TPSA) is 48.9 Å². The molecule has 1 aliphatic rings. The molecule has 1 fully saturated rings. The van der Waals surface area contributed by atoms with Gasteiger partial charge in [0.15, 0.2) is 5.96 Å². The first-order valence-corrected chi connectivity index (χ1v) is 9.47. The van der Waals surface area contributed by atoms with Gasteiger partial charge in [0.25, 0.3) is 0 Å². The van der Waals surface area contributed by atoms with Crippen LogP contribution < -0.4 is 15.4 Å². The van der Waals surface area contributed by atoms with Crippen molar-refractivity contribution >= 4 is 29.9 Å². The van der Waals surface area contributed by atoms with E-state index in [1.165, 1.54) is 18.4 Å². The quantitative estimate of drug-likeness (QED) is 0.236. The highest BCUT2D eigenvalue weighted by atomic mass is 127. The lowest BCUT2D eigenvalue weighted by molar-refractivity contribution is 0.296. The van der Waals surface area contributed by atoms with Gasteiger partial charge < -0.3 is 20.3 Å². The summed E-state index contributed by atoms with van der Waals surface area (Å²) in [5, 5.41) is 6.73. The van der Waals surface area contributed by atoms with Crippen molar-refractivity contribution in [3.8, 4) is 5.75 Å². The summed E-state index contributed by atoms with van der Waals surface area (Å²) in [6.45, 7) is 8.51. The van der Waals surface area contributed by atoms with Crippen molar-refractivity contribution in [2.24, 2.45) is 10.9 Å². The number of hydrogen-bond acceptors (Lipinski definition) is 3. The van der Waals surface area contributed by atoms with E-state index < -0.39 is 0 Å². The molecule has 0 saturated heterocycles. The molecule has 6 heteroatoms. The Labute approximate surface area is 176 Å². The molecular weight excluding hydrogens is 439 g/mol. The normalized spacial score (nSPS) is 14.1. The van der Waals surface area contributed by atoms with Crippen LogP contribution >= 0.6 is 24.0 Å². The maximum atomic E-state index is 6.04. The Balaban J connectivity index is 0.00000338. The molecule has 26 heavy (non-hydrogen) atoms. The fourth-order valence-corrected chi connectivity index (χ4v) is 2.53. The van der Waals surface area contributed by atoms with E-state index in [1.54, 1.807) is 0 Å². The van der Waals surface area contributed by atoms with Gasteiger partial charge >= 0.3 is 0 Å². The lowest BCUT2D eigenvalue weighted by Crippen LogP contribution is -2.38. The van der Waals surface area contributed by atoms with Gasteiger partial charge in [-0.3, -0.25) is 0 Å². The number of rotatable bonds is 10. The number of benzene rings is 1. The van der Waals surface area contributed by atoms with Crippen LogP contribution in [-0.2, 0) is 6.54 Å². The summed E-state index contributed by atoms with van der Waals surface area (Å²) in [6.07, 6.45) is 3.71. The summed E-state index contributed by atoms with van der Waals surface area (Å²) in [5.41, 5.74) is 2.38. The van der Waals surface area contributed by atoms with E-state index >= 15 is 0 Å². The second-order valence-corrected chi connectivity index (χ2v) is 7.14. The van der Waals surface area contributed by atoms with Crippen LogP contribution in [0.5, 0.6) is 5.75 Å². The largest absolute Gasteiger partial charge is 0.493 e. The summed E-state index contributed by atoms with van der Waals surface area (Å²) in [4.78, 5) is 6.93. The van der Waals surface area contributed by atoms with Crippen LogP contribution in [0.3, 0.4) is 0 Å². The molecular formula is C20H35IN4O. The molecule has 0 amide bonds. The molecule has 0 unspecified atom stereocenters. The van der Waals surface area contributed by atoms with Crippen LogP contribution in [-0.4, -0.2) is 51.2 Å². The van der Waals surface area contributed by atoms with Gasteiger partial charge in [-0.25, -0.2) is 4.99 Å². The van der Waals surface area contributed by atoms with Gasteiger partial charge in [0.1, 0.15) is 5.75 Å². The van der Waals surface area contributed by atoms with Crippen LogP contribution in [0.25, 0.3) is 0 Å². The molecule has 0 spiro atoms. The molecule has 5 nitrogen and oxygen atoms in total. The third-order valence-corrected chi connectivity index (χ3v) is 4.22. The maximum Gasteiger partial charge on any atom is 0.191 e.